The van der Waals surface area contributed by atoms with Gasteiger partial charge in [-0.05, 0) is 47.0 Å². The second kappa shape index (κ2) is 5.70. The average Bonchev–Trinajstić information content (AvgIpc) is 2.11. The van der Waals surface area contributed by atoms with Crippen LogP contribution in [0.5, 0.6) is 0 Å². The minimum Gasteiger partial charge on any atom is -0.444 e. The lowest BCUT2D eigenvalue weighted by Crippen LogP contribution is -2.65. The van der Waals surface area contributed by atoms with Crippen molar-refractivity contribution in [3.05, 3.63) is 0 Å². The van der Waals surface area contributed by atoms with Gasteiger partial charge in [-0.15, -0.1) is 0 Å². The Morgan fingerprint density at radius 2 is 2.00 bits per heavy atom. The number of hydrogen-bond donors (Lipinski definition) is 1. The molecule has 1 rings (SSSR count). The highest BCUT2D eigenvalue weighted by Crippen LogP contribution is 2.27. The van der Waals surface area contributed by atoms with E-state index in [1.54, 1.807) is 0 Å². The lowest BCUT2D eigenvalue weighted by Gasteiger charge is -2.48. The SMILES string of the molecule is CC(C)CC1CNCC(C)(C)N1C(=O)OC(C)(C)C. The van der Waals surface area contributed by atoms with Crippen LogP contribution in [0, 0.1) is 5.92 Å². The van der Waals surface area contributed by atoms with Crippen LogP contribution in [0.25, 0.3) is 0 Å². The first-order chi connectivity index (χ1) is 8.53. The number of hydrogen-bond acceptors (Lipinski definition) is 3. The fourth-order valence-corrected chi connectivity index (χ4v) is 2.66. The molecule has 1 N–H and O–H groups in total. The van der Waals surface area contributed by atoms with E-state index < -0.39 is 5.60 Å². The Morgan fingerprint density at radius 1 is 1.42 bits per heavy atom. The van der Waals surface area contributed by atoms with Crippen LogP contribution >= 0.6 is 0 Å². The maximum Gasteiger partial charge on any atom is 0.411 e. The maximum atomic E-state index is 12.5. The van der Waals surface area contributed by atoms with Crippen molar-refractivity contribution >= 4 is 6.09 Å². The molecule has 1 saturated heterocycles. The van der Waals surface area contributed by atoms with Crippen molar-refractivity contribution < 1.29 is 9.53 Å². The Morgan fingerprint density at radius 3 is 2.47 bits per heavy atom. The highest BCUT2D eigenvalue weighted by molar-refractivity contribution is 5.70. The number of rotatable bonds is 2. The van der Waals surface area contributed by atoms with Crippen LogP contribution in [0.2, 0.25) is 0 Å². The van der Waals surface area contributed by atoms with Gasteiger partial charge in [0.1, 0.15) is 5.60 Å². The first-order valence-electron chi connectivity index (χ1n) is 7.26. The molecule has 1 fully saturated rings. The van der Waals surface area contributed by atoms with Crippen LogP contribution in [0.3, 0.4) is 0 Å². The lowest BCUT2D eigenvalue weighted by atomic mass is 9.92. The second-order valence-electron chi connectivity index (χ2n) is 7.58. The average molecular weight is 270 g/mol. The summed E-state index contributed by atoms with van der Waals surface area (Å²) in [6.07, 6.45) is 0.806. The Labute approximate surface area is 117 Å². The van der Waals surface area contributed by atoms with Gasteiger partial charge in [-0.25, -0.2) is 4.79 Å². The molecule has 4 nitrogen and oxygen atoms in total. The van der Waals surface area contributed by atoms with Crippen LogP contribution in [-0.2, 0) is 4.74 Å². The third kappa shape index (κ3) is 4.68. The van der Waals surface area contributed by atoms with Gasteiger partial charge in [-0.3, -0.25) is 4.90 Å². The fourth-order valence-electron chi connectivity index (χ4n) is 2.66. The standard InChI is InChI=1S/C15H30N2O2/c1-11(2)8-12-9-16-10-15(6,7)17(12)13(18)19-14(3,4)5/h11-12,16H,8-10H2,1-7H3. The summed E-state index contributed by atoms with van der Waals surface area (Å²) in [6.45, 7) is 16.0. The first kappa shape index (κ1) is 16.3. The Balaban J connectivity index is 2.89. The van der Waals surface area contributed by atoms with E-state index >= 15 is 0 Å². The Hall–Kier alpha value is -0.770. The number of nitrogens with zero attached hydrogens (tertiary/aromatic N) is 1. The van der Waals surface area contributed by atoms with Gasteiger partial charge in [0, 0.05) is 19.1 Å². The molecule has 0 aromatic rings. The van der Waals surface area contributed by atoms with Crippen molar-refractivity contribution in [2.45, 2.75) is 72.1 Å². The van der Waals surface area contributed by atoms with Crippen LogP contribution in [0.4, 0.5) is 4.79 Å². The molecule has 1 unspecified atom stereocenters. The second-order valence-corrected chi connectivity index (χ2v) is 7.58. The van der Waals surface area contributed by atoms with Crippen molar-refractivity contribution in [1.82, 2.24) is 10.2 Å². The normalized spacial score (nSPS) is 23.6. The molecule has 1 atom stereocenters. The first-order valence-corrected chi connectivity index (χ1v) is 7.26. The van der Waals surface area contributed by atoms with Gasteiger partial charge in [0.15, 0.2) is 0 Å². The lowest BCUT2D eigenvalue weighted by molar-refractivity contribution is -0.0240. The summed E-state index contributed by atoms with van der Waals surface area (Å²) in [6, 6.07) is 0.207. The van der Waals surface area contributed by atoms with Crippen LogP contribution in [0.1, 0.15) is 54.9 Å². The summed E-state index contributed by atoms with van der Waals surface area (Å²) < 4.78 is 5.58. The number of ether oxygens (including phenoxy) is 1. The van der Waals surface area contributed by atoms with Crippen molar-refractivity contribution in [3.8, 4) is 0 Å². The monoisotopic (exact) mass is 270 g/mol. The quantitative estimate of drug-likeness (QED) is 0.838. The van der Waals surface area contributed by atoms with Crippen molar-refractivity contribution in [2.24, 2.45) is 5.92 Å². The van der Waals surface area contributed by atoms with Gasteiger partial charge in [0.25, 0.3) is 0 Å². The summed E-state index contributed by atoms with van der Waals surface area (Å²) in [4.78, 5) is 14.4. The molecule has 19 heavy (non-hydrogen) atoms. The number of piperazine rings is 1. The molecule has 0 bridgehead atoms. The molecule has 1 amide bonds. The summed E-state index contributed by atoms with van der Waals surface area (Å²) in [5.41, 5.74) is -0.652. The smallest absolute Gasteiger partial charge is 0.411 e. The zero-order chi connectivity index (χ0) is 14.8. The van der Waals surface area contributed by atoms with E-state index in [0.29, 0.717) is 5.92 Å². The molecule has 4 heteroatoms. The highest BCUT2D eigenvalue weighted by Gasteiger charge is 2.41. The number of nitrogens with one attached hydrogen (secondary N) is 1. The molecule has 0 aliphatic carbocycles. The summed E-state index contributed by atoms with van der Waals surface area (Å²) in [5, 5.41) is 3.43. The van der Waals surface area contributed by atoms with Crippen molar-refractivity contribution in [3.63, 3.8) is 0 Å². The van der Waals surface area contributed by atoms with Crippen molar-refractivity contribution in [2.75, 3.05) is 13.1 Å². The highest BCUT2D eigenvalue weighted by atomic mass is 16.6. The van der Waals surface area contributed by atoms with Gasteiger partial charge in [0.05, 0.1) is 5.54 Å². The topological polar surface area (TPSA) is 41.6 Å². The van der Waals surface area contributed by atoms with Crippen molar-refractivity contribution in [1.29, 1.82) is 0 Å². The van der Waals surface area contributed by atoms with Crippen LogP contribution < -0.4 is 5.32 Å². The van der Waals surface area contributed by atoms with Gasteiger partial charge in [0.2, 0.25) is 0 Å². The van der Waals surface area contributed by atoms with E-state index in [1.807, 2.05) is 25.7 Å². The minimum atomic E-state index is -0.444. The molecule has 1 aliphatic rings. The minimum absolute atomic E-state index is 0.190. The zero-order valence-corrected chi connectivity index (χ0v) is 13.5. The molecule has 0 saturated carbocycles. The molecule has 0 aromatic carbocycles. The third-order valence-electron chi connectivity index (χ3n) is 3.29. The summed E-state index contributed by atoms with van der Waals surface area (Å²) in [7, 11) is 0. The predicted octanol–water partition coefficient (Wildman–Crippen LogP) is 3.02. The molecular weight excluding hydrogens is 240 g/mol. The molecule has 0 spiro atoms. The molecule has 1 heterocycles. The fraction of sp³-hybridized carbons (Fsp3) is 0.933. The number of carbonyl (C=O) groups excluding carboxylic acids is 1. The van der Waals surface area contributed by atoms with E-state index in [2.05, 4.69) is 33.0 Å². The van der Waals surface area contributed by atoms with E-state index in [-0.39, 0.29) is 17.7 Å². The summed E-state index contributed by atoms with van der Waals surface area (Å²) >= 11 is 0. The van der Waals surface area contributed by atoms with Gasteiger partial charge >= 0.3 is 6.09 Å². The van der Waals surface area contributed by atoms with E-state index in [9.17, 15) is 4.79 Å². The molecular formula is C15H30N2O2. The number of amides is 1. The molecule has 112 valence electrons. The molecule has 0 aromatic heterocycles. The van der Waals surface area contributed by atoms with Crippen LogP contribution in [-0.4, -0.2) is 41.3 Å². The largest absolute Gasteiger partial charge is 0.444 e. The zero-order valence-electron chi connectivity index (χ0n) is 13.5. The van der Waals surface area contributed by atoms with Gasteiger partial charge < -0.3 is 10.1 Å². The molecule has 1 aliphatic heterocycles. The Bertz CT molecular complexity index is 319. The van der Waals surface area contributed by atoms with E-state index in [1.165, 1.54) is 0 Å². The Kier molecular flexibility index (Phi) is 4.88. The van der Waals surface area contributed by atoms with Gasteiger partial charge in [-0.1, -0.05) is 13.8 Å². The summed E-state index contributed by atoms with van der Waals surface area (Å²) in [5.74, 6) is 0.561. The van der Waals surface area contributed by atoms with E-state index in [4.69, 9.17) is 4.74 Å². The van der Waals surface area contributed by atoms with Gasteiger partial charge in [-0.2, -0.15) is 0 Å². The number of carbonyl (C=O) groups is 1. The third-order valence-corrected chi connectivity index (χ3v) is 3.29. The van der Waals surface area contributed by atoms with E-state index in [0.717, 1.165) is 19.5 Å². The predicted molar refractivity (Wildman–Crippen MR) is 78.3 cm³/mol. The maximum absolute atomic E-state index is 12.5. The molecule has 0 radical (unpaired) electrons. The van der Waals surface area contributed by atoms with Crippen LogP contribution in [0.15, 0.2) is 0 Å².